The van der Waals surface area contributed by atoms with E-state index in [-0.39, 0.29) is 23.1 Å². The first-order chi connectivity index (χ1) is 9.17. The first-order valence-electron chi connectivity index (χ1n) is 6.25. The molecule has 1 aromatic carbocycles. The molecule has 0 atom stereocenters. The monoisotopic (exact) mass is 294 g/mol. The first kappa shape index (κ1) is 16.2. The van der Waals surface area contributed by atoms with Crippen molar-refractivity contribution in [3.63, 3.8) is 0 Å². The van der Waals surface area contributed by atoms with Gasteiger partial charge in [-0.05, 0) is 44.5 Å². The molecule has 108 valence electrons. The molecule has 20 heavy (non-hydrogen) atoms. The van der Waals surface area contributed by atoms with E-state index < -0.39 is 0 Å². The molecule has 0 saturated carbocycles. The van der Waals surface area contributed by atoms with Crippen molar-refractivity contribution in [3.05, 3.63) is 40.5 Å². The van der Waals surface area contributed by atoms with Gasteiger partial charge in [-0.25, -0.2) is 0 Å². The average molecular weight is 295 g/mol. The molecule has 5 heteroatoms. The summed E-state index contributed by atoms with van der Waals surface area (Å²) in [7, 11) is 0. The topological polar surface area (TPSA) is 58.2 Å². The van der Waals surface area contributed by atoms with Crippen LogP contribution in [0.1, 0.15) is 33.3 Å². The second-order valence-corrected chi connectivity index (χ2v) is 5.93. The molecule has 0 heterocycles. The molecule has 0 aliphatic heterocycles. The standard InChI is InChI=1S/C15H19ClN2O2/c1-10(19)17-13(14(20)18-15(2,3)4)9-11-5-7-12(16)8-6-11/h5-9H,1-4H3,(H,17,19)(H,18,20). The van der Waals surface area contributed by atoms with Crippen molar-refractivity contribution in [2.24, 2.45) is 0 Å². The normalized spacial score (nSPS) is 11.9. The van der Waals surface area contributed by atoms with E-state index in [4.69, 9.17) is 11.6 Å². The van der Waals surface area contributed by atoms with Crippen molar-refractivity contribution >= 4 is 29.5 Å². The van der Waals surface area contributed by atoms with Crippen LogP contribution < -0.4 is 10.6 Å². The molecule has 0 unspecified atom stereocenters. The molecule has 0 spiro atoms. The fraction of sp³-hybridized carbons (Fsp3) is 0.333. The lowest BCUT2D eigenvalue weighted by Gasteiger charge is -2.21. The summed E-state index contributed by atoms with van der Waals surface area (Å²) in [5.74, 6) is -0.628. The Bertz CT molecular complexity index is 528. The summed E-state index contributed by atoms with van der Waals surface area (Å²) in [6, 6.07) is 6.99. The Balaban J connectivity index is 3.02. The SMILES string of the molecule is CC(=O)NC(=Cc1ccc(Cl)cc1)C(=O)NC(C)(C)C. The van der Waals surface area contributed by atoms with Gasteiger partial charge in [0.05, 0.1) is 0 Å². The fourth-order valence-electron chi connectivity index (χ4n) is 1.48. The summed E-state index contributed by atoms with van der Waals surface area (Å²) in [4.78, 5) is 23.4. The molecular weight excluding hydrogens is 276 g/mol. The number of nitrogens with one attached hydrogen (secondary N) is 2. The second kappa shape index (κ2) is 6.57. The fourth-order valence-corrected chi connectivity index (χ4v) is 1.61. The Morgan fingerprint density at radius 3 is 2.15 bits per heavy atom. The number of hydrogen-bond acceptors (Lipinski definition) is 2. The number of carbonyl (C=O) groups excluding carboxylic acids is 2. The van der Waals surface area contributed by atoms with Crippen LogP contribution in [0.25, 0.3) is 6.08 Å². The van der Waals surface area contributed by atoms with Crippen LogP contribution in [0.2, 0.25) is 5.02 Å². The summed E-state index contributed by atoms with van der Waals surface area (Å²) in [5.41, 5.74) is 0.603. The molecule has 0 fully saturated rings. The van der Waals surface area contributed by atoms with Gasteiger partial charge in [-0.3, -0.25) is 9.59 Å². The Morgan fingerprint density at radius 2 is 1.70 bits per heavy atom. The Morgan fingerprint density at radius 1 is 1.15 bits per heavy atom. The van der Waals surface area contributed by atoms with Crippen molar-refractivity contribution in [3.8, 4) is 0 Å². The number of rotatable bonds is 3. The van der Waals surface area contributed by atoms with E-state index in [2.05, 4.69) is 10.6 Å². The van der Waals surface area contributed by atoms with Crippen LogP contribution in [0, 0.1) is 0 Å². The number of amides is 2. The quantitative estimate of drug-likeness (QED) is 0.842. The third kappa shape index (κ3) is 5.89. The highest BCUT2D eigenvalue weighted by Crippen LogP contribution is 2.12. The summed E-state index contributed by atoms with van der Waals surface area (Å²) >= 11 is 5.81. The molecule has 0 aliphatic rings. The molecule has 1 rings (SSSR count). The first-order valence-corrected chi connectivity index (χ1v) is 6.62. The van der Waals surface area contributed by atoms with Gasteiger partial charge in [0.2, 0.25) is 5.91 Å². The van der Waals surface area contributed by atoms with Crippen molar-refractivity contribution < 1.29 is 9.59 Å². The van der Waals surface area contributed by atoms with Gasteiger partial charge in [-0.15, -0.1) is 0 Å². The van der Waals surface area contributed by atoms with Crippen LogP contribution in [-0.2, 0) is 9.59 Å². The predicted octanol–water partition coefficient (Wildman–Crippen LogP) is 2.73. The molecule has 0 aliphatic carbocycles. The molecule has 4 nitrogen and oxygen atoms in total. The zero-order valence-electron chi connectivity index (χ0n) is 12.1. The molecule has 0 aromatic heterocycles. The van der Waals surface area contributed by atoms with Gasteiger partial charge in [0, 0.05) is 17.5 Å². The largest absolute Gasteiger partial charge is 0.346 e. The summed E-state index contributed by atoms with van der Waals surface area (Å²) in [6.07, 6.45) is 1.61. The van der Waals surface area contributed by atoms with E-state index in [0.717, 1.165) is 5.56 Å². The lowest BCUT2D eigenvalue weighted by Crippen LogP contribution is -2.44. The van der Waals surface area contributed by atoms with Crippen molar-refractivity contribution in [1.29, 1.82) is 0 Å². The van der Waals surface area contributed by atoms with Crippen LogP contribution in [0.3, 0.4) is 0 Å². The molecule has 1 aromatic rings. The van der Waals surface area contributed by atoms with Gasteiger partial charge in [-0.1, -0.05) is 23.7 Å². The third-order valence-electron chi connectivity index (χ3n) is 2.22. The maximum absolute atomic E-state index is 12.1. The minimum atomic E-state index is -0.380. The van der Waals surface area contributed by atoms with Crippen LogP contribution in [0.4, 0.5) is 0 Å². The van der Waals surface area contributed by atoms with E-state index in [1.807, 2.05) is 20.8 Å². The molecular formula is C15H19ClN2O2. The zero-order valence-corrected chi connectivity index (χ0v) is 12.8. The van der Waals surface area contributed by atoms with Gasteiger partial charge in [-0.2, -0.15) is 0 Å². The van der Waals surface area contributed by atoms with Crippen LogP contribution in [-0.4, -0.2) is 17.4 Å². The maximum atomic E-state index is 12.1. The summed E-state index contributed by atoms with van der Waals surface area (Å²) in [5, 5.41) is 5.96. The van der Waals surface area contributed by atoms with E-state index in [0.29, 0.717) is 5.02 Å². The van der Waals surface area contributed by atoms with Crippen LogP contribution >= 0.6 is 11.6 Å². The zero-order chi connectivity index (χ0) is 15.3. The molecule has 2 amide bonds. The minimum Gasteiger partial charge on any atom is -0.346 e. The molecule has 0 saturated heterocycles. The van der Waals surface area contributed by atoms with Crippen molar-refractivity contribution in [2.45, 2.75) is 33.2 Å². The average Bonchev–Trinajstić information content (AvgIpc) is 2.28. The van der Waals surface area contributed by atoms with Crippen LogP contribution in [0.15, 0.2) is 30.0 Å². The maximum Gasteiger partial charge on any atom is 0.268 e. The van der Waals surface area contributed by atoms with Gasteiger partial charge in [0.15, 0.2) is 0 Å². The smallest absolute Gasteiger partial charge is 0.268 e. The number of benzene rings is 1. The second-order valence-electron chi connectivity index (χ2n) is 5.49. The number of hydrogen-bond donors (Lipinski definition) is 2. The van der Waals surface area contributed by atoms with Gasteiger partial charge in [0.1, 0.15) is 5.70 Å². The predicted molar refractivity (Wildman–Crippen MR) is 81.1 cm³/mol. The van der Waals surface area contributed by atoms with Crippen molar-refractivity contribution in [1.82, 2.24) is 10.6 Å². The summed E-state index contributed by atoms with van der Waals surface area (Å²) in [6.45, 7) is 6.98. The number of carbonyl (C=O) groups is 2. The molecule has 0 radical (unpaired) electrons. The number of halogens is 1. The minimum absolute atomic E-state index is 0.203. The molecule has 2 N–H and O–H groups in total. The van der Waals surface area contributed by atoms with E-state index in [1.165, 1.54) is 6.92 Å². The molecule has 0 bridgehead atoms. The highest BCUT2D eigenvalue weighted by molar-refractivity contribution is 6.30. The lowest BCUT2D eigenvalue weighted by molar-refractivity contribution is -0.123. The lowest BCUT2D eigenvalue weighted by atomic mass is 10.1. The Kier molecular flexibility index (Phi) is 5.34. The van der Waals surface area contributed by atoms with E-state index in [9.17, 15) is 9.59 Å². The van der Waals surface area contributed by atoms with E-state index in [1.54, 1.807) is 30.3 Å². The highest BCUT2D eigenvalue weighted by Gasteiger charge is 2.18. The van der Waals surface area contributed by atoms with Crippen molar-refractivity contribution in [2.75, 3.05) is 0 Å². The Hall–Kier alpha value is -1.81. The summed E-state index contributed by atoms with van der Waals surface area (Å²) < 4.78 is 0. The van der Waals surface area contributed by atoms with Gasteiger partial charge >= 0.3 is 0 Å². The van der Waals surface area contributed by atoms with E-state index >= 15 is 0 Å². The van der Waals surface area contributed by atoms with Crippen LogP contribution in [0.5, 0.6) is 0 Å². The van der Waals surface area contributed by atoms with Gasteiger partial charge < -0.3 is 10.6 Å². The third-order valence-corrected chi connectivity index (χ3v) is 2.48. The Labute approximate surface area is 124 Å². The highest BCUT2D eigenvalue weighted by atomic mass is 35.5. The van der Waals surface area contributed by atoms with Gasteiger partial charge in [0.25, 0.3) is 5.91 Å².